The van der Waals surface area contributed by atoms with Crippen LogP contribution in [-0.4, -0.2) is 5.48 Å². The number of hydrogen-bond donors (Lipinski definition) is 0. The van der Waals surface area contributed by atoms with E-state index in [0.29, 0.717) is 0 Å². The fraction of sp³-hybridized carbons (Fsp3) is 0.619. The summed E-state index contributed by atoms with van der Waals surface area (Å²) in [6, 6.07) is 8.95. The molecule has 124 valence electrons. The molecule has 0 fully saturated rings. The van der Waals surface area contributed by atoms with Gasteiger partial charge in [-0.25, -0.2) is 0 Å². The summed E-state index contributed by atoms with van der Waals surface area (Å²) >= 11 is 0. The van der Waals surface area contributed by atoms with Crippen molar-refractivity contribution >= 4 is 0 Å². The highest BCUT2D eigenvalue weighted by Gasteiger charge is 2.14. The van der Waals surface area contributed by atoms with E-state index in [2.05, 4.69) is 44.2 Å². The zero-order valence-corrected chi connectivity index (χ0v) is 14.5. The van der Waals surface area contributed by atoms with Crippen LogP contribution in [0.25, 0.3) is 0 Å². The molecule has 2 N–H and O–H groups in total. The van der Waals surface area contributed by atoms with Crippen LogP contribution in [0.1, 0.15) is 76.3 Å². The van der Waals surface area contributed by atoms with Crippen molar-refractivity contribution in [3.8, 4) is 0 Å². The lowest BCUT2D eigenvalue weighted by Gasteiger charge is -2.23. The first kappa shape index (κ1) is 19.0. The topological polar surface area (TPSA) is 31.5 Å². The maximum absolute atomic E-state index is 2.44. The van der Waals surface area contributed by atoms with Gasteiger partial charge < -0.3 is 5.48 Å². The summed E-state index contributed by atoms with van der Waals surface area (Å²) in [6.45, 7) is 4.63. The molecule has 1 atom stereocenters. The summed E-state index contributed by atoms with van der Waals surface area (Å²) in [5, 5.41) is 0. The Labute approximate surface area is 137 Å². The Morgan fingerprint density at radius 3 is 2.00 bits per heavy atom. The molecule has 0 heterocycles. The first-order chi connectivity index (χ1) is 10.3. The number of rotatable bonds is 10. The molecular formula is C21H34O. The van der Waals surface area contributed by atoms with Crippen LogP contribution in [0, 0.1) is 5.92 Å². The smallest absolute Gasteiger partial charge is 0.0197 e. The zero-order chi connectivity index (χ0) is 14.9. The van der Waals surface area contributed by atoms with Gasteiger partial charge in [0.15, 0.2) is 0 Å². The molecule has 1 unspecified atom stereocenters. The molecule has 1 aliphatic rings. The van der Waals surface area contributed by atoms with Gasteiger partial charge in [-0.2, -0.15) is 0 Å². The Balaban J connectivity index is 0.00000242. The molecule has 0 bridgehead atoms. The third kappa shape index (κ3) is 5.96. The number of unbranched alkanes of at least 4 members (excludes halogenated alkanes) is 5. The molecule has 0 radical (unpaired) electrons. The predicted molar refractivity (Wildman–Crippen MR) is 97.3 cm³/mol. The van der Waals surface area contributed by atoms with Crippen molar-refractivity contribution in [1.82, 2.24) is 0 Å². The number of aryl methyl sites for hydroxylation is 2. The molecule has 0 amide bonds. The summed E-state index contributed by atoms with van der Waals surface area (Å²) in [5.41, 5.74) is 4.84. The van der Waals surface area contributed by atoms with Crippen LogP contribution in [0.3, 0.4) is 0 Å². The Kier molecular flexibility index (Phi) is 9.15. The van der Waals surface area contributed by atoms with Crippen LogP contribution < -0.4 is 0 Å². The van der Waals surface area contributed by atoms with Gasteiger partial charge in [-0.15, -0.1) is 0 Å². The minimum Gasteiger partial charge on any atom is -0.412 e. The second-order valence-electron chi connectivity index (χ2n) is 6.66. The Bertz CT molecular complexity index is 447. The second-order valence-corrected chi connectivity index (χ2v) is 6.66. The number of allylic oxidation sites excluding steroid dienone is 2. The van der Waals surface area contributed by atoms with Crippen LogP contribution >= 0.6 is 0 Å². The van der Waals surface area contributed by atoms with Crippen molar-refractivity contribution in [2.45, 2.75) is 78.1 Å². The van der Waals surface area contributed by atoms with E-state index in [-0.39, 0.29) is 5.48 Å². The monoisotopic (exact) mass is 302 g/mol. The van der Waals surface area contributed by atoms with Gasteiger partial charge in [0.25, 0.3) is 0 Å². The van der Waals surface area contributed by atoms with Crippen LogP contribution in [0.4, 0.5) is 0 Å². The molecule has 0 aliphatic heterocycles. The van der Waals surface area contributed by atoms with E-state index in [1.807, 2.05) is 0 Å². The highest BCUT2D eigenvalue weighted by molar-refractivity contribution is 5.27. The highest BCUT2D eigenvalue weighted by atomic mass is 16.0. The standard InChI is InChI=1S/C21H32.H2O/c1-3-19-12-10-11-15-21(19)14-9-7-5-4-6-8-13-20-17-16-18(20)2;/h10-12,15,17-18H,3-9,13-14,16H2,1-2H3;1H2. The quantitative estimate of drug-likeness (QED) is 0.394. The van der Waals surface area contributed by atoms with E-state index < -0.39 is 0 Å². The largest absolute Gasteiger partial charge is 0.412 e. The van der Waals surface area contributed by atoms with E-state index in [1.54, 1.807) is 16.7 Å². The predicted octanol–water partition coefficient (Wildman–Crippen LogP) is 5.66. The molecule has 0 aromatic heterocycles. The lowest BCUT2D eigenvalue weighted by atomic mass is 9.83. The minimum absolute atomic E-state index is 0. The van der Waals surface area contributed by atoms with E-state index in [4.69, 9.17) is 0 Å². The van der Waals surface area contributed by atoms with Crippen molar-refractivity contribution in [2.75, 3.05) is 0 Å². The Morgan fingerprint density at radius 2 is 1.45 bits per heavy atom. The van der Waals surface area contributed by atoms with Gasteiger partial charge in [-0.05, 0) is 55.6 Å². The zero-order valence-electron chi connectivity index (χ0n) is 14.5. The van der Waals surface area contributed by atoms with Crippen molar-refractivity contribution in [1.29, 1.82) is 0 Å². The minimum atomic E-state index is 0. The van der Waals surface area contributed by atoms with E-state index in [1.165, 1.54) is 64.2 Å². The Hall–Kier alpha value is -1.08. The molecule has 0 saturated carbocycles. The molecular weight excluding hydrogens is 268 g/mol. The van der Waals surface area contributed by atoms with E-state index in [0.717, 1.165) is 5.92 Å². The Morgan fingerprint density at radius 1 is 0.864 bits per heavy atom. The van der Waals surface area contributed by atoms with Crippen LogP contribution in [-0.2, 0) is 12.8 Å². The van der Waals surface area contributed by atoms with Crippen molar-refractivity contribution in [2.24, 2.45) is 5.92 Å². The van der Waals surface area contributed by atoms with Crippen molar-refractivity contribution in [3.63, 3.8) is 0 Å². The van der Waals surface area contributed by atoms with Gasteiger partial charge in [-0.1, -0.05) is 75.4 Å². The van der Waals surface area contributed by atoms with Gasteiger partial charge >= 0.3 is 0 Å². The van der Waals surface area contributed by atoms with Crippen LogP contribution in [0.5, 0.6) is 0 Å². The lowest BCUT2D eigenvalue weighted by Crippen LogP contribution is -2.07. The third-order valence-corrected chi connectivity index (χ3v) is 5.03. The van der Waals surface area contributed by atoms with Crippen LogP contribution in [0.2, 0.25) is 0 Å². The molecule has 1 aromatic carbocycles. The van der Waals surface area contributed by atoms with Crippen molar-refractivity contribution in [3.05, 3.63) is 47.0 Å². The van der Waals surface area contributed by atoms with Gasteiger partial charge in [0, 0.05) is 0 Å². The first-order valence-electron chi connectivity index (χ1n) is 9.07. The van der Waals surface area contributed by atoms with Crippen molar-refractivity contribution < 1.29 is 5.48 Å². The number of benzene rings is 1. The van der Waals surface area contributed by atoms with E-state index in [9.17, 15) is 0 Å². The third-order valence-electron chi connectivity index (χ3n) is 5.03. The summed E-state index contributed by atoms with van der Waals surface area (Å²) in [7, 11) is 0. The summed E-state index contributed by atoms with van der Waals surface area (Å²) in [5.74, 6) is 0.892. The van der Waals surface area contributed by atoms with E-state index >= 15 is 0 Å². The van der Waals surface area contributed by atoms with Gasteiger partial charge in [0.2, 0.25) is 0 Å². The van der Waals surface area contributed by atoms with Gasteiger partial charge in [0.05, 0.1) is 0 Å². The fourth-order valence-electron chi connectivity index (χ4n) is 3.37. The molecule has 1 aromatic rings. The maximum atomic E-state index is 2.44. The summed E-state index contributed by atoms with van der Waals surface area (Å²) in [6.07, 6.45) is 16.0. The second kappa shape index (κ2) is 10.6. The summed E-state index contributed by atoms with van der Waals surface area (Å²) in [4.78, 5) is 0. The van der Waals surface area contributed by atoms with Gasteiger partial charge in [0.1, 0.15) is 0 Å². The molecule has 0 saturated heterocycles. The lowest BCUT2D eigenvalue weighted by molar-refractivity contribution is 0.543. The highest BCUT2D eigenvalue weighted by Crippen LogP contribution is 2.30. The van der Waals surface area contributed by atoms with Gasteiger partial charge in [-0.3, -0.25) is 0 Å². The average Bonchev–Trinajstić information content (AvgIpc) is 2.52. The normalized spacial score (nSPS) is 16.6. The van der Waals surface area contributed by atoms with Crippen LogP contribution in [0.15, 0.2) is 35.9 Å². The number of hydrogen-bond acceptors (Lipinski definition) is 0. The molecule has 0 spiro atoms. The molecule has 1 heteroatoms. The molecule has 22 heavy (non-hydrogen) atoms. The molecule has 1 aliphatic carbocycles. The molecule has 2 rings (SSSR count). The summed E-state index contributed by atoms with van der Waals surface area (Å²) < 4.78 is 0. The average molecular weight is 303 g/mol. The first-order valence-corrected chi connectivity index (χ1v) is 9.07. The fourth-order valence-corrected chi connectivity index (χ4v) is 3.37. The molecule has 1 nitrogen and oxygen atoms in total. The maximum Gasteiger partial charge on any atom is -0.0197 e. The SMILES string of the molecule is CCc1ccccc1CCCCCCCCC1=CCC1C.O.